The predicted molar refractivity (Wildman–Crippen MR) is 80.8 cm³/mol. The second-order valence-electron chi connectivity index (χ2n) is 4.56. The first-order chi connectivity index (χ1) is 11.3. The van der Waals surface area contributed by atoms with Gasteiger partial charge in [-0.15, -0.1) is 10.2 Å². The second-order valence-corrected chi connectivity index (χ2v) is 5.98. The molecule has 0 saturated carbocycles. The molecule has 0 amide bonds. The zero-order valence-electron chi connectivity index (χ0n) is 11.5. The first-order valence-electron chi connectivity index (χ1n) is 6.25. The largest absolute Gasteiger partial charge is 0.453 e. The minimum atomic E-state index is -4.72. The van der Waals surface area contributed by atoms with Crippen molar-refractivity contribution in [2.45, 2.75) is 16.4 Å². The smallest absolute Gasteiger partial charge is 0.335 e. The summed E-state index contributed by atoms with van der Waals surface area (Å²) >= 11 is 6.67. The number of hydrogen-bond acceptors (Lipinski definition) is 6. The molecule has 0 fully saturated rings. The molecule has 0 bridgehead atoms. The normalized spacial score (nSPS) is 11.6. The van der Waals surface area contributed by atoms with Crippen molar-refractivity contribution in [3.05, 3.63) is 40.7 Å². The van der Waals surface area contributed by atoms with Crippen molar-refractivity contribution in [2.75, 3.05) is 5.84 Å². The first-order valence-corrected chi connectivity index (χ1v) is 7.45. The van der Waals surface area contributed by atoms with Crippen molar-refractivity contribution >= 4 is 34.3 Å². The van der Waals surface area contributed by atoms with E-state index in [0.717, 1.165) is 11.8 Å². The molecule has 3 aromatic rings. The van der Waals surface area contributed by atoms with Crippen LogP contribution in [0, 0.1) is 11.3 Å². The lowest BCUT2D eigenvalue weighted by atomic mass is 10.1. The molecule has 0 saturated heterocycles. The number of nitrogen functional groups attached to an aromatic ring is 1. The third kappa shape index (κ3) is 2.95. The van der Waals surface area contributed by atoms with Gasteiger partial charge in [0.05, 0.1) is 17.1 Å². The van der Waals surface area contributed by atoms with E-state index in [4.69, 9.17) is 17.4 Å². The van der Waals surface area contributed by atoms with Crippen LogP contribution in [0.1, 0.15) is 11.4 Å². The topological polar surface area (TPSA) is 93.4 Å². The molecule has 3 rings (SSSR count). The molecule has 2 heterocycles. The Morgan fingerprint density at radius 1 is 1.25 bits per heavy atom. The standard InChI is InChI=1S/C13H6ClF3N6S/c14-7-1-2-9-8(4-7)6(5-18)3-10(20-9)24-12-22-21-11(23(12)19)13(15,16)17/h1-4H,19H2. The molecule has 24 heavy (non-hydrogen) atoms. The maximum absolute atomic E-state index is 12.7. The summed E-state index contributed by atoms with van der Waals surface area (Å²) in [6.07, 6.45) is -4.72. The van der Waals surface area contributed by atoms with Gasteiger partial charge in [-0.25, -0.2) is 9.66 Å². The molecular formula is C13H6ClF3N6S. The number of aromatic nitrogens is 4. The highest BCUT2D eigenvalue weighted by atomic mass is 35.5. The van der Waals surface area contributed by atoms with Gasteiger partial charge in [-0.05, 0) is 36.0 Å². The van der Waals surface area contributed by atoms with Crippen LogP contribution in [0.5, 0.6) is 0 Å². The third-order valence-corrected chi connectivity index (χ3v) is 4.10. The molecule has 2 N–H and O–H groups in total. The number of halogens is 4. The van der Waals surface area contributed by atoms with Gasteiger partial charge >= 0.3 is 6.18 Å². The number of rotatable bonds is 2. The fourth-order valence-corrected chi connectivity index (χ4v) is 2.90. The number of fused-ring (bicyclic) bond motifs is 1. The Morgan fingerprint density at radius 2 is 2.00 bits per heavy atom. The molecule has 2 aromatic heterocycles. The summed E-state index contributed by atoms with van der Waals surface area (Å²) in [5.41, 5.74) is 0.754. The highest BCUT2D eigenvalue weighted by Crippen LogP contribution is 2.32. The van der Waals surface area contributed by atoms with Crippen LogP contribution in [0.4, 0.5) is 13.2 Å². The second kappa shape index (κ2) is 5.85. The summed E-state index contributed by atoms with van der Waals surface area (Å²) in [5.74, 6) is 4.06. The van der Waals surface area contributed by atoms with E-state index in [9.17, 15) is 18.4 Å². The maximum atomic E-state index is 12.7. The van der Waals surface area contributed by atoms with Gasteiger partial charge in [-0.2, -0.15) is 18.4 Å². The number of nitrogens with zero attached hydrogens (tertiary/aromatic N) is 5. The number of nitriles is 1. The lowest BCUT2D eigenvalue weighted by Gasteiger charge is -2.07. The zero-order chi connectivity index (χ0) is 17.5. The summed E-state index contributed by atoms with van der Waals surface area (Å²) in [6, 6.07) is 8.22. The molecule has 122 valence electrons. The Bertz CT molecular complexity index is 978. The summed E-state index contributed by atoms with van der Waals surface area (Å²) in [6.45, 7) is 0. The van der Waals surface area contributed by atoms with Gasteiger partial charge in [-0.3, -0.25) is 0 Å². The van der Waals surface area contributed by atoms with Gasteiger partial charge in [0.1, 0.15) is 5.03 Å². The van der Waals surface area contributed by atoms with Crippen LogP contribution in [0.2, 0.25) is 5.02 Å². The summed E-state index contributed by atoms with van der Waals surface area (Å²) in [7, 11) is 0. The average Bonchev–Trinajstić information content (AvgIpc) is 2.88. The number of nitrogens with two attached hydrogens (primary N) is 1. The van der Waals surface area contributed by atoms with Crippen molar-refractivity contribution in [1.29, 1.82) is 5.26 Å². The minimum absolute atomic E-state index is 0.202. The highest BCUT2D eigenvalue weighted by Gasteiger charge is 2.38. The van der Waals surface area contributed by atoms with Crippen LogP contribution in [-0.4, -0.2) is 19.9 Å². The summed E-state index contributed by atoms with van der Waals surface area (Å²) < 4.78 is 38.4. The lowest BCUT2D eigenvalue weighted by molar-refractivity contribution is -0.146. The van der Waals surface area contributed by atoms with E-state index in [1.54, 1.807) is 18.2 Å². The molecular weight excluding hydrogens is 365 g/mol. The van der Waals surface area contributed by atoms with E-state index in [2.05, 4.69) is 15.2 Å². The minimum Gasteiger partial charge on any atom is -0.335 e. The van der Waals surface area contributed by atoms with Gasteiger partial charge in [-0.1, -0.05) is 11.6 Å². The Balaban J connectivity index is 2.04. The van der Waals surface area contributed by atoms with E-state index in [0.29, 0.717) is 20.6 Å². The molecule has 0 atom stereocenters. The van der Waals surface area contributed by atoms with E-state index in [1.807, 2.05) is 6.07 Å². The van der Waals surface area contributed by atoms with Crippen LogP contribution >= 0.6 is 23.4 Å². The van der Waals surface area contributed by atoms with E-state index in [1.165, 1.54) is 6.07 Å². The lowest BCUT2D eigenvalue weighted by Crippen LogP contribution is -2.21. The van der Waals surface area contributed by atoms with Crippen molar-refractivity contribution in [3.8, 4) is 6.07 Å². The molecule has 0 aliphatic carbocycles. The van der Waals surface area contributed by atoms with E-state index in [-0.39, 0.29) is 15.7 Å². The number of alkyl halides is 3. The van der Waals surface area contributed by atoms with Crippen molar-refractivity contribution < 1.29 is 13.2 Å². The molecule has 0 spiro atoms. The Hall–Kier alpha value is -2.51. The quantitative estimate of drug-likeness (QED) is 0.696. The predicted octanol–water partition coefficient (Wildman–Crippen LogP) is 3.24. The van der Waals surface area contributed by atoms with Gasteiger partial charge in [0, 0.05) is 10.4 Å². The number of hydrogen-bond donors (Lipinski definition) is 1. The molecule has 0 aliphatic rings. The Labute approximate surface area is 142 Å². The van der Waals surface area contributed by atoms with Crippen molar-refractivity contribution in [1.82, 2.24) is 19.9 Å². The molecule has 0 radical (unpaired) electrons. The number of benzene rings is 1. The first kappa shape index (κ1) is 16.4. The SMILES string of the molecule is N#Cc1cc(Sc2nnc(C(F)(F)F)n2N)nc2ccc(Cl)cc12. The molecule has 0 unspecified atom stereocenters. The Kier molecular flexibility index (Phi) is 3.98. The van der Waals surface area contributed by atoms with E-state index < -0.39 is 12.0 Å². The monoisotopic (exact) mass is 370 g/mol. The Morgan fingerprint density at radius 3 is 2.62 bits per heavy atom. The van der Waals surface area contributed by atoms with Crippen LogP contribution in [0.3, 0.4) is 0 Å². The van der Waals surface area contributed by atoms with E-state index >= 15 is 0 Å². The molecule has 6 nitrogen and oxygen atoms in total. The van der Waals surface area contributed by atoms with Crippen LogP contribution in [-0.2, 0) is 6.18 Å². The highest BCUT2D eigenvalue weighted by molar-refractivity contribution is 7.99. The van der Waals surface area contributed by atoms with Gasteiger partial charge < -0.3 is 5.84 Å². The van der Waals surface area contributed by atoms with Crippen molar-refractivity contribution in [3.63, 3.8) is 0 Å². The average molecular weight is 371 g/mol. The molecule has 1 aromatic carbocycles. The van der Waals surface area contributed by atoms with Gasteiger partial charge in [0.15, 0.2) is 0 Å². The van der Waals surface area contributed by atoms with Crippen LogP contribution in [0.25, 0.3) is 10.9 Å². The van der Waals surface area contributed by atoms with Gasteiger partial charge in [0.25, 0.3) is 5.82 Å². The van der Waals surface area contributed by atoms with Gasteiger partial charge in [0.2, 0.25) is 5.16 Å². The fraction of sp³-hybridized carbons (Fsp3) is 0.0769. The fourth-order valence-electron chi connectivity index (χ4n) is 1.95. The summed E-state index contributed by atoms with van der Waals surface area (Å²) in [5, 5.41) is 16.7. The van der Waals surface area contributed by atoms with Crippen molar-refractivity contribution in [2.24, 2.45) is 0 Å². The maximum Gasteiger partial charge on any atom is 0.453 e. The zero-order valence-corrected chi connectivity index (χ0v) is 13.1. The number of pyridine rings is 1. The third-order valence-electron chi connectivity index (χ3n) is 2.98. The van der Waals surface area contributed by atoms with Crippen LogP contribution < -0.4 is 5.84 Å². The molecule has 11 heteroatoms. The summed E-state index contributed by atoms with van der Waals surface area (Å²) in [4.78, 5) is 4.27. The van der Waals surface area contributed by atoms with Crippen LogP contribution in [0.15, 0.2) is 34.4 Å². The molecule has 0 aliphatic heterocycles.